The number of hydrogen-bond acceptors (Lipinski definition) is 4. The summed E-state index contributed by atoms with van der Waals surface area (Å²) in [5, 5.41) is 7.30. The molecular formula is C17H18N4O2. The van der Waals surface area contributed by atoms with Gasteiger partial charge >= 0.3 is 0 Å². The number of nitrogens with zero attached hydrogens (tertiary/aromatic N) is 3. The molecule has 6 heteroatoms. The largest absolute Gasteiger partial charge is 0.497 e. The van der Waals surface area contributed by atoms with E-state index in [1.807, 2.05) is 44.2 Å². The average molecular weight is 310 g/mol. The molecule has 3 aromatic rings. The van der Waals surface area contributed by atoms with E-state index in [1.165, 1.54) is 0 Å². The fourth-order valence-corrected chi connectivity index (χ4v) is 2.43. The van der Waals surface area contributed by atoms with Crippen molar-refractivity contribution in [3.63, 3.8) is 0 Å². The summed E-state index contributed by atoms with van der Waals surface area (Å²) in [4.78, 5) is 16.8. The second kappa shape index (κ2) is 6.08. The van der Waals surface area contributed by atoms with Crippen molar-refractivity contribution in [2.45, 2.75) is 19.9 Å². The number of benzene rings is 1. The van der Waals surface area contributed by atoms with E-state index in [0.29, 0.717) is 11.3 Å². The Balaban J connectivity index is 1.82. The maximum Gasteiger partial charge on any atom is 0.270 e. The zero-order chi connectivity index (χ0) is 16.4. The molecule has 0 spiro atoms. The zero-order valence-electron chi connectivity index (χ0n) is 13.3. The third kappa shape index (κ3) is 3.01. The molecule has 6 nitrogen and oxygen atoms in total. The topological polar surface area (TPSA) is 68.5 Å². The molecule has 0 aliphatic heterocycles. The summed E-state index contributed by atoms with van der Waals surface area (Å²) in [6.45, 7) is 3.81. The van der Waals surface area contributed by atoms with Crippen molar-refractivity contribution >= 4 is 11.6 Å². The Labute approximate surface area is 134 Å². The second-order valence-corrected chi connectivity index (χ2v) is 5.35. The van der Waals surface area contributed by atoms with Gasteiger partial charge in [-0.1, -0.05) is 12.1 Å². The van der Waals surface area contributed by atoms with Gasteiger partial charge in [-0.3, -0.25) is 4.79 Å². The van der Waals surface area contributed by atoms with Gasteiger partial charge in [0, 0.05) is 12.3 Å². The van der Waals surface area contributed by atoms with Crippen LogP contribution in [0.15, 0.2) is 42.6 Å². The van der Waals surface area contributed by atoms with Gasteiger partial charge in [-0.2, -0.15) is 5.10 Å². The minimum absolute atomic E-state index is 0.131. The Morgan fingerprint density at radius 2 is 2.00 bits per heavy atom. The molecule has 0 radical (unpaired) electrons. The first kappa shape index (κ1) is 15.0. The number of aryl methyl sites for hydroxylation is 1. The van der Waals surface area contributed by atoms with Crippen LogP contribution in [0.1, 0.15) is 34.7 Å². The molecule has 3 rings (SSSR count). The van der Waals surface area contributed by atoms with E-state index in [-0.39, 0.29) is 11.9 Å². The zero-order valence-corrected chi connectivity index (χ0v) is 13.3. The molecule has 0 saturated heterocycles. The smallest absolute Gasteiger partial charge is 0.270 e. The third-order valence-electron chi connectivity index (χ3n) is 3.68. The monoisotopic (exact) mass is 310 g/mol. The fraction of sp³-hybridized carbons (Fsp3) is 0.235. The Bertz CT molecular complexity index is 839. The highest BCUT2D eigenvalue weighted by Crippen LogP contribution is 2.18. The summed E-state index contributed by atoms with van der Waals surface area (Å²) >= 11 is 0. The van der Waals surface area contributed by atoms with Crippen LogP contribution in [-0.2, 0) is 0 Å². The molecule has 0 aliphatic rings. The Kier molecular flexibility index (Phi) is 3.97. The number of hydrogen-bond donors (Lipinski definition) is 1. The standard InChI is InChI=1S/C17H18N4O2/c1-11-10-16-18-9-8-15(21(16)20-11)17(22)19-12(2)13-4-6-14(23-3)7-5-13/h4-10,12H,1-3H3,(H,19,22). The van der Waals surface area contributed by atoms with Gasteiger partial charge in [0.15, 0.2) is 5.65 Å². The van der Waals surface area contributed by atoms with Crippen LogP contribution in [0.25, 0.3) is 5.65 Å². The average Bonchev–Trinajstić information content (AvgIpc) is 2.94. The van der Waals surface area contributed by atoms with E-state index in [0.717, 1.165) is 17.0 Å². The molecule has 0 saturated carbocycles. The van der Waals surface area contributed by atoms with Gasteiger partial charge in [0.1, 0.15) is 11.4 Å². The minimum Gasteiger partial charge on any atom is -0.497 e. The summed E-state index contributed by atoms with van der Waals surface area (Å²) in [6, 6.07) is 11.0. The van der Waals surface area contributed by atoms with Gasteiger partial charge < -0.3 is 10.1 Å². The second-order valence-electron chi connectivity index (χ2n) is 5.35. The molecule has 2 heterocycles. The van der Waals surface area contributed by atoms with Crippen LogP contribution in [0.4, 0.5) is 0 Å². The molecule has 0 fully saturated rings. The lowest BCUT2D eigenvalue weighted by Gasteiger charge is -2.15. The summed E-state index contributed by atoms with van der Waals surface area (Å²) in [5.74, 6) is 0.596. The predicted molar refractivity (Wildman–Crippen MR) is 86.6 cm³/mol. The summed E-state index contributed by atoms with van der Waals surface area (Å²) < 4.78 is 6.70. The Morgan fingerprint density at radius 1 is 1.26 bits per heavy atom. The van der Waals surface area contributed by atoms with Gasteiger partial charge in [-0.15, -0.1) is 0 Å². The molecule has 2 aromatic heterocycles. The van der Waals surface area contributed by atoms with Crippen LogP contribution in [0, 0.1) is 6.92 Å². The van der Waals surface area contributed by atoms with E-state index < -0.39 is 0 Å². The summed E-state index contributed by atoms with van der Waals surface area (Å²) in [7, 11) is 1.63. The van der Waals surface area contributed by atoms with E-state index >= 15 is 0 Å². The van der Waals surface area contributed by atoms with Crippen molar-refractivity contribution in [1.82, 2.24) is 19.9 Å². The molecule has 1 unspecified atom stereocenters. The molecule has 1 N–H and O–H groups in total. The van der Waals surface area contributed by atoms with Crippen LogP contribution in [0.5, 0.6) is 5.75 Å². The Morgan fingerprint density at radius 3 is 2.70 bits per heavy atom. The van der Waals surface area contributed by atoms with Crippen LogP contribution in [0.2, 0.25) is 0 Å². The number of ether oxygens (including phenoxy) is 1. The van der Waals surface area contributed by atoms with E-state index in [2.05, 4.69) is 15.4 Å². The molecule has 1 atom stereocenters. The lowest BCUT2D eigenvalue weighted by molar-refractivity contribution is 0.0932. The van der Waals surface area contributed by atoms with Gasteiger partial charge in [-0.25, -0.2) is 9.50 Å². The molecule has 1 amide bonds. The summed E-state index contributed by atoms with van der Waals surface area (Å²) in [5.41, 5.74) is 2.94. The first-order valence-electron chi connectivity index (χ1n) is 7.34. The molecule has 0 aliphatic carbocycles. The molecule has 0 bridgehead atoms. The maximum absolute atomic E-state index is 12.6. The highest BCUT2D eigenvalue weighted by atomic mass is 16.5. The van der Waals surface area contributed by atoms with Crippen molar-refractivity contribution in [2.75, 3.05) is 7.11 Å². The Hall–Kier alpha value is -2.89. The van der Waals surface area contributed by atoms with E-state index in [4.69, 9.17) is 4.74 Å². The normalized spacial score (nSPS) is 12.1. The van der Waals surface area contributed by atoms with Gasteiger partial charge in [0.25, 0.3) is 5.91 Å². The van der Waals surface area contributed by atoms with Gasteiger partial charge in [-0.05, 0) is 37.6 Å². The van der Waals surface area contributed by atoms with Crippen LogP contribution >= 0.6 is 0 Å². The summed E-state index contributed by atoms with van der Waals surface area (Å²) in [6.07, 6.45) is 1.61. The first-order valence-corrected chi connectivity index (χ1v) is 7.34. The van der Waals surface area contributed by atoms with Crippen LogP contribution in [0.3, 0.4) is 0 Å². The van der Waals surface area contributed by atoms with Crippen molar-refractivity contribution in [2.24, 2.45) is 0 Å². The molecule has 23 heavy (non-hydrogen) atoms. The van der Waals surface area contributed by atoms with Crippen molar-refractivity contribution in [3.05, 3.63) is 59.5 Å². The first-order chi connectivity index (χ1) is 11.1. The molecule has 118 valence electrons. The number of carbonyl (C=O) groups is 1. The SMILES string of the molecule is COc1ccc(C(C)NC(=O)c2ccnc3cc(C)nn23)cc1. The lowest BCUT2D eigenvalue weighted by atomic mass is 10.1. The van der Waals surface area contributed by atoms with E-state index in [1.54, 1.807) is 23.9 Å². The maximum atomic E-state index is 12.6. The fourth-order valence-electron chi connectivity index (χ4n) is 2.43. The number of methoxy groups -OCH3 is 1. The van der Waals surface area contributed by atoms with Crippen LogP contribution in [-0.4, -0.2) is 27.6 Å². The van der Waals surface area contributed by atoms with Crippen molar-refractivity contribution in [1.29, 1.82) is 0 Å². The number of aromatic nitrogens is 3. The number of rotatable bonds is 4. The third-order valence-corrected chi connectivity index (χ3v) is 3.68. The van der Waals surface area contributed by atoms with Gasteiger partial charge in [0.2, 0.25) is 0 Å². The van der Waals surface area contributed by atoms with E-state index in [9.17, 15) is 4.79 Å². The van der Waals surface area contributed by atoms with Crippen molar-refractivity contribution in [3.8, 4) is 5.75 Å². The number of fused-ring (bicyclic) bond motifs is 1. The number of nitrogens with one attached hydrogen (secondary N) is 1. The van der Waals surface area contributed by atoms with Gasteiger partial charge in [0.05, 0.1) is 18.8 Å². The molecular weight excluding hydrogens is 292 g/mol. The highest BCUT2D eigenvalue weighted by molar-refractivity contribution is 5.93. The lowest BCUT2D eigenvalue weighted by Crippen LogP contribution is -2.28. The number of amides is 1. The van der Waals surface area contributed by atoms with Crippen molar-refractivity contribution < 1.29 is 9.53 Å². The number of carbonyl (C=O) groups excluding carboxylic acids is 1. The van der Waals surface area contributed by atoms with Crippen LogP contribution < -0.4 is 10.1 Å². The molecule has 1 aromatic carbocycles. The highest BCUT2D eigenvalue weighted by Gasteiger charge is 2.15. The minimum atomic E-state index is -0.191. The quantitative estimate of drug-likeness (QED) is 0.804. The predicted octanol–water partition coefficient (Wildman–Crippen LogP) is 2.54.